The molecule has 1 rings (SSSR count). The zero-order chi connectivity index (χ0) is 13.2. The highest BCUT2D eigenvalue weighted by Gasteiger charge is 2.12. The van der Waals surface area contributed by atoms with Gasteiger partial charge in [0.1, 0.15) is 6.61 Å². The van der Waals surface area contributed by atoms with Gasteiger partial charge in [0.2, 0.25) is 0 Å². The summed E-state index contributed by atoms with van der Waals surface area (Å²) in [5, 5.41) is 0. The molecule has 1 saturated heterocycles. The average molecular weight is 259 g/mol. The van der Waals surface area contributed by atoms with Gasteiger partial charge in [-0.05, 0) is 6.92 Å². The highest BCUT2D eigenvalue weighted by molar-refractivity contribution is 5.71. The van der Waals surface area contributed by atoms with Crippen LogP contribution >= 0.6 is 0 Å². The van der Waals surface area contributed by atoms with Gasteiger partial charge in [-0.1, -0.05) is 0 Å². The topological polar surface area (TPSA) is 65.1 Å². The quantitative estimate of drug-likeness (QED) is 0.609. The van der Waals surface area contributed by atoms with E-state index in [4.69, 9.17) is 14.2 Å². The zero-order valence-electron chi connectivity index (χ0n) is 10.9. The molecule has 0 amide bonds. The van der Waals surface area contributed by atoms with Gasteiger partial charge in [-0.2, -0.15) is 0 Å². The molecule has 0 N–H and O–H groups in total. The van der Waals surface area contributed by atoms with Crippen LogP contribution in [-0.2, 0) is 23.8 Å². The molecule has 0 spiro atoms. The highest BCUT2D eigenvalue weighted by atomic mass is 16.5. The predicted molar refractivity (Wildman–Crippen MR) is 64.1 cm³/mol. The Hall–Kier alpha value is -1.14. The van der Waals surface area contributed by atoms with Gasteiger partial charge in [-0.25, -0.2) is 0 Å². The van der Waals surface area contributed by atoms with Gasteiger partial charge in [-0.15, -0.1) is 0 Å². The van der Waals surface area contributed by atoms with Crippen LogP contribution in [-0.4, -0.2) is 62.9 Å². The molecule has 1 aliphatic heterocycles. The van der Waals surface area contributed by atoms with Crippen molar-refractivity contribution >= 4 is 11.9 Å². The maximum Gasteiger partial charge on any atom is 0.309 e. The number of hydrogen-bond acceptors (Lipinski definition) is 6. The Labute approximate surface area is 107 Å². The molecule has 0 radical (unpaired) electrons. The Morgan fingerprint density at radius 3 is 2.44 bits per heavy atom. The van der Waals surface area contributed by atoms with Gasteiger partial charge in [0.05, 0.1) is 32.7 Å². The standard InChI is InChI=1S/C12H21NO5/c1-2-17-12(15)4-8-18-11(14)3-5-13-6-9-16-10-7-13/h2-10H2,1H3. The van der Waals surface area contributed by atoms with E-state index < -0.39 is 0 Å². The number of morpholine rings is 1. The lowest BCUT2D eigenvalue weighted by molar-refractivity contribution is -0.149. The van der Waals surface area contributed by atoms with E-state index in [1.807, 2.05) is 0 Å². The van der Waals surface area contributed by atoms with Crippen LogP contribution in [0, 0.1) is 0 Å². The Kier molecular flexibility index (Phi) is 7.36. The van der Waals surface area contributed by atoms with E-state index >= 15 is 0 Å². The van der Waals surface area contributed by atoms with Crippen LogP contribution in [0.15, 0.2) is 0 Å². The van der Waals surface area contributed by atoms with E-state index in [9.17, 15) is 9.59 Å². The number of ether oxygens (including phenoxy) is 3. The second-order valence-electron chi connectivity index (χ2n) is 3.98. The van der Waals surface area contributed by atoms with Crippen molar-refractivity contribution in [2.75, 3.05) is 46.1 Å². The summed E-state index contributed by atoms with van der Waals surface area (Å²) in [7, 11) is 0. The largest absolute Gasteiger partial charge is 0.466 e. The smallest absolute Gasteiger partial charge is 0.309 e. The summed E-state index contributed by atoms with van der Waals surface area (Å²) in [6, 6.07) is 0. The van der Waals surface area contributed by atoms with Crippen LogP contribution in [0.25, 0.3) is 0 Å². The molecule has 1 heterocycles. The highest BCUT2D eigenvalue weighted by Crippen LogP contribution is 1.99. The number of rotatable bonds is 7. The van der Waals surface area contributed by atoms with E-state index in [-0.39, 0.29) is 25.0 Å². The third-order valence-electron chi connectivity index (χ3n) is 2.61. The predicted octanol–water partition coefficient (Wildman–Crippen LogP) is 0.205. The summed E-state index contributed by atoms with van der Waals surface area (Å²) in [5.74, 6) is -0.607. The molecular weight excluding hydrogens is 238 g/mol. The number of esters is 2. The molecule has 1 fully saturated rings. The van der Waals surface area contributed by atoms with Crippen molar-refractivity contribution in [1.82, 2.24) is 4.90 Å². The summed E-state index contributed by atoms with van der Waals surface area (Å²) in [6.45, 7) is 6.03. The van der Waals surface area contributed by atoms with Crippen molar-refractivity contribution in [3.8, 4) is 0 Å². The van der Waals surface area contributed by atoms with Crippen molar-refractivity contribution < 1.29 is 23.8 Å². The van der Waals surface area contributed by atoms with Crippen molar-refractivity contribution in [1.29, 1.82) is 0 Å². The van der Waals surface area contributed by atoms with Crippen molar-refractivity contribution in [3.63, 3.8) is 0 Å². The molecule has 18 heavy (non-hydrogen) atoms. The average Bonchev–Trinajstić information content (AvgIpc) is 2.38. The normalized spacial score (nSPS) is 16.3. The second kappa shape index (κ2) is 8.88. The fourth-order valence-electron chi connectivity index (χ4n) is 1.63. The summed E-state index contributed by atoms with van der Waals surface area (Å²) in [4.78, 5) is 24.5. The van der Waals surface area contributed by atoms with Crippen LogP contribution in [0.5, 0.6) is 0 Å². The second-order valence-corrected chi connectivity index (χ2v) is 3.98. The van der Waals surface area contributed by atoms with Crippen LogP contribution < -0.4 is 0 Å². The number of hydrogen-bond donors (Lipinski definition) is 0. The molecule has 0 aliphatic carbocycles. The van der Waals surface area contributed by atoms with E-state index in [1.54, 1.807) is 6.92 Å². The molecule has 1 aliphatic rings. The van der Waals surface area contributed by atoms with Gasteiger partial charge < -0.3 is 14.2 Å². The van der Waals surface area contributed by atoms with E-state index in [1.165, 1.54) is 0 Å². The first-order valence-corrected chi connectivity index (χ1v) is 6.33. The Bertz CT molecular complexity index is 263. The molecule has 0 atom stereocenters. The minimum Gasteiger partial charge on any atom is -0.466 e. The van der Waals surface area contributed by atoms with Crippen molar-refractivity contribution in [3.05, 3.63) is 0 Å². The molecule has 0 aromatic rings. The van der Waals surface area contributed by atoms with E-state index in [2.05, 4.69) is 4.90 Å². The van der Waals surface area contributed by atoms with Gasteiger partial charge in [-0.3, -0.25) is 14.5 Å². The van der Waals surface area contributed by atoms with Crippen molar-refractivity contribution in [2.45, 2.75) is 19.8 Å². The first-order chi connectivity index (χ1) is 8.72. The number of carbonyl (C=O) groups excluding carboxylic acids is 2. The molecule has 0 aromatic heterocycles. The zero-order valence-corrected chi connectivity index (χ0v) is 10.9. The maximum absolute atomic E-state index is 11.4. The van der Waals surface area contributed by atoms with Gasteiger partial charge in [0.25, 0.3) is 0 Å². The summed E-state index contributed by atoms with van der Waals surface area (Å²) in [5.41, 5.74) is 0. The maximum atomic E-state index is 11.4. The fraction of sp³-hybridized carbons (Fsp3) is 0.833. The van der Waals surface area contributed by atoms with Crippen LogP contribution in [0.2, 0.25) is 0 Å². The molecule has 0 saturated carbocycles. The van der Waals surface area contributed by atoms with Crippen LogP contribution in [0.1, 0.15) is 19.8 Å². The lowest BCUT2D eigenvalue weighted by atomic mass is 10.3. The van der Waals surface area contributed by atoms with Crippen molar-refractivity contribution in [2.24, 2.45) is 0 Å². The molecule has 0 unspecified atom stereocenters. The summed E-state index contributed by atoms with van der Waals surface area (Å²) in [6.07, 6.45) is 0.472. The molecule has 0 bridgehead atoms. The Morgan fingerprint density at radius 2 is 1.78 bits per heavy atom. The molecule has 104 valence electrons. The number of nitrogens with zero attached hydrogens (tertiary/aromatic N) is 1. The van der Waals surface area contributed by atoms with E-state index in [0.29, 0.717) is 19.6 Å². The SMILES string of the molecule is CCOC(=O)CCOC(=O)CCN1CCOCC1. The number of carbonyl (C=O) groups is 2. The van der Waals surface area contributed by atoms with Gasteiger partial charge in [0.15, 0.2) is 0 Å². The van der Waals surface area contributed by atoms with Crippen LogP contribution in [0.4, 0.5) is 0 Å². The minimum absolute atomic E-state index is 0.0980. The monoisotopic (exact) mass is 259 g/mol. The molecule has 6 nitrogen and oxygen atoms in total. The third kappa shape index (κ3) is 6.56. The summed E-state index contributed by atoms with van der Waals surface area (Å²) < 4.78 is 14.9. The Balaban J connectivity index is 2.01. The molecular formula is C12H21NO5. The lowest BCUT2D eigenvalue weighted by Crippen LogP contribution is -2.37. The lowest BCUT2D eigenvalue weighted by Gasteiger charge is -2.25. The third-order valence-corrected chi connectivity index (χ3v) is 2.61. The molecule has 6 heteroatoms. The first kappa shape index (κ1) is 14.9. The van der Waals surface area contributed by atoms with Crippen LogP contribution in [0.3, 0.4) is 0 Å². The Morgan fingerprint density at radius 1 is 1.11 bits per heavy atom. The van der Waals surface area contributed by atoms with Gasteiger partial charge >= 0.3 is 11.9 Å². The first-order valence-electron chi connectivity index (χ1n) is 6.33. The van der Waals surface area contributed by atoms with E-state index in [0.717, 1.165) is 26.3 Å². The minimum atomic E-state index is -0.335. The van der Waals surface area contributed by atoms with Gasteiger partial charge in [0, 0.05) is 19.6 Å². The fourth-order valence-corrected chi connectivity index (χ4v) is 1.63. The molecule has 0 aromatic carbocycles. The summed E-state index contributed by atoms with van der Waals surface area (Å²) >= 11 is 0.